The van der Waals surface area contributed by atoms with Gasteiger partial charge in [-0.25, -0.2) is 0 Å². The van der Waals surface area contributed by atoms with E-state index in [1.54, 1.807) is 0 Å². The number of hydrogen-bond acceptors (Lipinski definition) is 5. The Morgan fingerprint density at radius 2 is 2.25 bits per heavy atom. The van der Waals surface area contributed by atoms with Gasteiger partial charge in [0.15, 0.2) is 6.29 Å². The van der Waals surface area contributed by atoms with E-state index < -0.39 is 11.2 Å². The lowest BCUT2D eigenvalue weighted by molar-refractivity contribution is -0.385. The Hall–Kier alpha value is -1.66. The largest absolute Gasteiger partial charge is 0.465 e. The molecule has 1 atom stereocenters. The molecule has 0 saturated carbocycles. The highest BCUT2D eigenvalue weighted by atomic mass is 16.6. The molecule has 1 rings (SSSR count). The summed E-state index contributed by atoms with van der Waals surface area (Å²) in [7, 11) is 0. The molecule has 0 radical (unpaired) electrons. The van der Waals surface area contributed by atoms with E-state index in [9.17, 15) is 10.1 Å². The zero-order chi connectivity index (χ0) is 12.1. The number of ether oxygens (including phenoxy) is 1. The number of nitro groups is 1. The first-order valence-corrected chi connectivity index (χ1v) is 4.77. The van der Waals surface area contributed by atoms with Gasteiger partial charge >= 0.3 is 0 Å². The van der Waals surface area contributed by atoms with Crippen molar-refractivity contribution in [3.8, 4) is 5.75 Å². The third kappa shape index (κ3) is 3.18. The monoisotopic (exact) mass is 227 g/mol. The lowest BCUT2D eigenvalue weighted by Gasteiger charge is -2.09. The highest BCUT2D eigenvalue weighted by Gasteiger charge is 2.15. The molecule has 0 amide bonds. The number of nitro benzene ring substituents is 1. The quantitative estimate of drug-likeness (QED) is 0.442. The summed E-state index contributed by atoms with van der Waals surface area (Å²) in [6.45, 7) is 1.25. The average molecular weight is 227 g/mol. The van der Waals surface area contributed by atoms with Crippen molar-refractivity contribution in [3.05, 3.63) is 33.9 Å². The number of aliphatic hydroxyl groups is 2. The molecule has 0 aliphatic heterocycles. The van der Waals surface area contributed by atoms with Gasteiger partial charge < -0.3 is 14.9 Å². The number of benzene rings is 1. The van der Waals surface area contributed by atoms with Gasteiger partial charge in [0.2, 0.25) is 0 Å². The van der Waals surface area contributed by atoms with Gasteiger partial charge in [0.1, 0.15) is 5.75 Å². The van der Waals surface area contributed by atoms with E-state index in [4.69, 9.17) is 14.9 Å². The maximum Gasteiger partial charge on any atom is 0.276 e. The third-order valence-corrected chi connectivity index (χ3v) is 1.94. The molecule has 6 heteroatoms. The number of aliphatic hydroxyl groups excluding tert-OH is 2. The van der Waals surface area contributed by atoms with E-state index in [1.165, 1.54) is 25.1 Å². The molecule has 88 valence electrons. The Labute approximate surface area is 92.2 Å². The summed E-state index contributed by atoms with van der Waals surface area (Å²) in [5.74, 6) is 0.225. The summed E-state index contributed by atoms with van der Waals surface area (Å²) in [6.07, 6.45) is -0.811. The van der Waals surface area contributed by atoms with Gasteiger partial charge in [-0.3, -0.25) is 10.1 Å². The molecule has 0 heterocycles. The first kappa shape index (κ1) is 12.4. The van der Waals surface area contributed by atoms with Crippen LogP contribution in [-0.2, 0) is 6.42 Å². The first-order valence-electron chi connectivity index (χ1n) is 4.77. The second kappa shape index (κ2) is 5.43. The molecule has 1 aromatic rings. The van der Waals surface area contributed by atoms with E-state index in [1.807, 2.05) is 0 Å². The normalized spacial score (nSPS) is 12.2. The molecule has 0 spiro atoms. The molecule has 1 unspecified atom stereocenters. The van der Waals surface area contributed by atoms with Gasteiger partial charge in [-0.1, -0.05) is 0 Å². The Morgan fingerprint density at radius 1 is 1.56 bits per heavy atom. The van der Waals surface area contributed by atoms with Crippen LogP contribution in [0.3, 0.4) is 0 Å². The Balaban J connectivity index is 3.02. The maximum atomic E-state index is 10.7. The van der Waals surface area contributed by atoms with Gasteiger partial charge in [-0.2, -0.15) is 0 Å². The molecule has 0 aliphatic carbocycles. The van der Waals surface area contributed by atoms with Crippen molar-refractivity contribution in [3.63, 3.8) is 0 Å². The molecule has 2 N–H and O–H groups in total. The smallest absolute Gasteiger partial charge is 0.276 e. The van der Waals surface area contributed by atoms with Crippen LogP contribution in [0, 0.1) is 10.1 Å². The summed E-state index contributed by atoms with van der Waals surface area (Å²) in [5.41, 5.74) is 0.317. The third-order valence-electron chi connectivity index (χ3n) is 1.94. The highest BCUT2D eigenvalue weighted by molar-refractivity contribution is 5.46. The maximum absolute atomic E-state index is 10.7. The van der Waals surface area contributed by atoms with E-state index >= 15 is 0 Å². The Bertz CT molecular complexity index is 377. The van der Waals surface area contributed by atoms with Crippen molar-refractivity contribution in [2.75, 3.05) is 6.61 Å². The van der Waals surface area contributed by atoms with Crippen molar-refractivity contribution in [1.29, 1.82) is 0 Å². The van der Waals surface area contributed by atoms with Crippen molar-refractivity contribution in [2.24, 2.45) is 0 Å². The molecule has 0 fully saturated rings. The fourth-order valence-corrected chi connectivity index (χ4v) is 1.32. The highest BCUT2D eigenvalue weighted by Crippen LogP contribution is 2.25. The molecule has 6 nitrogen and oxygen atoms in total. The SMILES string of the molecule is CC(O)Oc1ccc(CCO)c([N+](=O)[O-])c1. The lowest BCUT2D eigenvalue weighted by Crippen LogP contribution is -2.10. The minimum absolute atomic E-state index is 0.118. The van der Waals surface area contributed by atoms with Crippen LogP contribution in [0.5, 0.6) is 5.75 Å². The van der Waals surface area contributed by atoms with Gasteiger partial charge in [0.25, 0.3) is 5.69 Å². The van der Waals surface area contributed by atoms with E-state index in [0.29, 0.717) is 5.56 Å². The molecule has 0 bridgehead atoms. The predicted molar refractivity (Wildman–Crippen MR) is 56.2 cm³/mol. The minimum Gasteiger partial charge on any atom is -0.465 e. The molecule has 16 heavy (non-hydrogen) atoms. The van der Waals surface area contributed by atoms with Crippen LogP contribution in [0.2, 0.25) is 0 Å². The minimum atomic E-state index is -1.02. The topological polar surface area (TPSA) is 92.8 Å². The summed E-state index contributed by atoms with van der Waals surface area (Å²) in [4.78, 5) is 10.2. The van der Waals surface area contributed by atoms with Crippen LogP contribution in [0.25, 0.3) is 0 Å². The van der Waals surface area contributed by atoms with Crippen LogP contribution in [0.4, 0.5) is 5.69 Å². The van der Waals surface area contributed by atoms with Crippen LogP contribution >= 0.6 is 0 Å². The van der Waals surface area contributed by atoms with Crippen molar-refractivity contribution >= 4 is 5.69 Å². The van der Waals surface area contributed by atoms with Crippen LogP contribution in [0.15, 0.2) is 18.2 Å². The van der Waals surface area contributed by atoms with Crippen LogP contribution in [-0.4, -0.2) is 28.0 Å². The predicted octanol–water partition coefficient (Wildman–Crippen LogP) is 0.847. The molecule has 0 saturated heterocycles. The zero-order valence-corrected chi connectivity index (χ0v) is 8.79. The number of hydrogen-bond donors (Lipinski definition) is 2. The average Bonchev–Trinajstić information content (AvgIpc) is 2.19. The lowest BCUT2D eigenvalue weighted by atomic mass is 10.1. The standard InChI is InChI=1S/C10H13NO5/c1-7(13)16-9-3-2-8(4-5-12)10(6-9)11(14)15/h2-3,6-7,12-13H,4-5H2,1H3. The second-order valence-electron chi connectivity index (χ2n) is 3.24. The molecular weight excluding hydrogens is 214 g/mol. The molecular formula is C10H13NO5. The van der Waals surface area contributed by atoms with Crippen LogP contribution < -0.4 is 4.74 Å². The summed E-state index contributed by atoms with van der Waals surface area (Å²) >= 11 is 0. The van der Waals surface area contributed by atoms with Gasteiger partial charge in [-0.05, 0) is 19.1 Å². The van der Waals surface area contributed by atoms with Crippen molar-refractivity contribution in [1.82, 2.24) is 0 Å². The molecule has 0 aromatic heterocycles. The number of nitrogens with zero attached hydrogens (tertiary/aromatic N) is 1. The fraction of sp³-hybridized carbons (Fsp3) is 0.400. The molecule has 0 aliphatic rings. The Kier molecular flexibility index (Phi) is 4.21. The summed E-state index contributed by atoms with van der Waals surface area (Å²) in [6, 6.07) is 4.26. The van der Waals surface area contributed by atoms with E-state index in [-0.39, 0.29) is 24.5 Å². The van der Waals surface area contributed by atoms with Gasteiger partial charge in [0, 0.05) is 18.6 Å². The van der Waals surface area contributed by atoms with Gasteiger partial charge in [0.05, 0.1) is 11.0 Å². The molecule has 1 aromatic carbocycles. The Morgan fingerprint density at radius 3 is 2.75 bits per heavy atom. The summed E-state index contributed by atoms with van der Waals surface area (Å²) in [5, 5.41) is 28.5. The second-order valence-corrected chi connectivity index (χ2v) is 3.24. The fourth-order valence-electron chi connectivity index (χ4n) is 1.32. The number of rotatable bonds is 5. The first-order chi connectivity index (χ1) is 7.54. The van der Waals surface area contributed by atoms with Crippen molar-refractivity contribution < 1.29 is 19.9 Å². The van der Waals surface area contributed by atoms with Crippen molar-refractivity contribution in [2.45, 2.75) is 19.6 Å². The summed E-state index contributed by atoms with van der Waals surface area (Å²) < 4.78 is 4.93. The van der Waals surface area contributed by atoms with Crippen LogP contribution in [0.1, 0.15) is 12.5 Å². The van der Waals surface area contributed by atoms with E-state index in [2.05, 4.69) is 0 Å². The van der Waals surface area contributed by atoms with Gasteiger partial charge in [-0.15, -0.1) is 0 Å². The zero-order valence-electron chi connectivity index (χ0n) is 8.79. The van der Waals surface area contributed by atoms with E-state index in [0.717, 1.165) is 0 Å².